The number of rotatable bonds is 10. The summed E-state index contributed by atoms with van der Waals surface area (Å²) in [7, 11) is 2.20. The molecule has 2 heterocycles. The third kappa shape index (κ3) is 19.6. The van der Waals surface area contributed by atoms with Gasteiger partial charge in [-0.1, -0.05) is 55.5 Å². The molecule has 2 N–H and O–H groups in total. The van der Waals surface area contributed by atoms with Crippen molar-refractivity contribution in [3.05, 3.63) is 89.5 Å². The van der Waals surface area contributed by atoms with Crippen LogP contribution in [-0.2, 0) is 36.6 Å². The third-order valence-corrected chi connectivity index (χ3v) is 8.01. The van der Waals surface area contributed by atoms with Gasteiger partial charge in [-0.25, -0.2) is 9.78 Å². The smallest absolute Gasteiger partial charge is 0.416 e. The van der Waals surface area contributed by atoms with Crippen LogP contribution in [0, 0.1) is 12.8 Å². The first-order valence-corrected chi connectivity index (χ1v) is 18.3. The zero-order valence-electron chi connectivity index (χ0n) is 33.9. The van der Waals surface area contributed by atoms with Gasteiger partial charge in [-0.15, -0.1) is 0 Å². The summed E-state index contributed by atoms with van der Waals surface area (Å²) in [5.74, 6) is 0.681. The minimum absolute atomic E-state index is 0.0811. The first-order valence-electron chi connectivity index (χ1n) is 18.3. The monoisotopic (exact) mass is 775 g/mol. The summed E-state index contributed by atoms with van der Waals surface area (Å²) >= 11 is 0. The molecule has 2 unspecified atom stereocenters. The number of ether oxygens (including phenoxy) is 2. The third-order valence-electron chi connectivity index (χ3n) is 8.01. The fourth-order valence-electron chi connectivity index (χ4n) is 5.04. The van der Waals surface area contributed by atoms with E-state index in [1.807, 2.05) is 37.3 Å². The molecular weight excluding hydrogens is 715 g/mol. The van der Waals surface area contributed by atoms with Gasteiger partial charge in [0.1, 0.15) is 29.8 Å². The minimum Gasteiger partial charge on any atom is -0.444 e. The van der Waals surface area contributed by atoms with Crippen LogP contribution >= 0.6 is 0 Å². The van der Waals surface area contributed by atoms with E-state index in [-0.39, 0.29) is 17.5 Å². The Morgan fingerprint density at radius 3 is 2.04 bits per heavy atom. The van der Waals surface area contributed by atoms with Crippen molar-refractivity contribution in [2.75, 3.05) is 26.7 Å². The Hall–Kier alpha value is -4.56. The first-order chi connectivity index (χ1) is 25.6. The summed E-state index contributed by atoms with van der Waals surface area (Å²) in [6.45, 7) is 19.4. The molecule has 1 saturated heterocycles. The molecule has 4 rings (SSSR count). The number of piperidine rings is 1. The van der Waals surface area contributed by atoms with Crippen LogP contribution in [0.15, 0.2) is 67.1 Å². The van der Waals surface area contributed by atoms with Crippen molar-refractivity contribution < 1.29 is 41.8 Å². The number of likely N-dealkylation sites (tertiary alicyclic amines) is 1. The Kier molecular flexibility index (Phi) is 20.6. The van der Waals surface area contributed by atoms with Gasteiger partial charge in [-0.3, -0.25) is 4.79 Å². The molecule has 55 heavy (non-hydrogen) atoms. The molecule has 0 spiro atoms. The molecule has 0 saturated carbocycles. The van der Waals surface area contributed by atoms with Crippen LogP contribution in [0.25, 0.3) is 0 Å². The van der Waals surface area contributed by atoms with Crippen molar-refractivity contribution in [3.8, 4) is 0 Å². The normalized spacial score (nSPS) is 14.6. The average Bonchev–Trinajstić information content (AvgIpc) is 3.52. The zero-order valence-corrected chi connectivity index (χ0v) is 33.9. The topological polar surface area (TPSA) is 132 Å². The van der Waals surface area contributed by atoms with Crippen molar-refractivity contribution in [1.82, 2.24) is 25.1 Å². The summed E-state index contributed by atoms with van der Waals surface area (Å²) in [6, 6.07) is 13.7. The molecule has 11 nitrogen and oxygen atoms in total. The number of amides is 2. The summed E-state index contributed by atoms with van der Waals surface area (Å²) in [4.78, 5) is 50.5. The predicted octanol–water partition coefficient (Wildman–Crippen LogP) is 7.56. The van der Waals surface area contributed by atoms with Crippen molar-refractivity contribution in [2.45, 2.75) is 111 Å². The van der Waals surface area contributed by atoms with Crippen molar-refractivity contribution in [3.63, 3.8) is 0 Å². The average molecular weight is 776 g/mol. The molecular formula is C41H60F3N5O6. The maximum Gasteiger partial charge on any atom is 0.416 e. The number of hydrogen-bond donors (Lipinski definition) is 2. The van der Waals surface area contributed by atoms with E-state index in [4.69, 9.17) is 14.3 Å². The van der Waals surface area contributed by atoms with E-state index in [0.29, 0.717) is 25.2 Å². The highest BCUT2D eigenvalue weighted by atomic mass is 19.4. The van der Waals surface area contributed by atoms with E-state index < -0.39 is 35.0 Å². The largest absolute Gasteiger partial charge is 0.444 e. The number of alkyl halides is 3. The molecule has 1 aliphatic heterocycles. The predicted molar refractivity (Wildman–Crippen MR) is 207 cm³/mol. The second-order valence-corrected chi connectivity index (χ2v) is 15.0. The fourth-order valence-corrected chi connectivity index (χ4v) is 5.04. The van der Waals surface area contributed by atoms with Gasteiger partial charge in [0.15, 0.2) is 0 Å². The number of halogens is 3. The zero-order chi connectivity index (χ0) is 41.8. The van der Waals surface area contributed by atoms with Crippen LogP contribution < -0.4 is 10.6 Å². The summed E-state index contributed by atoms with van der Waals surface area (Å²) in [5, 5.41) is 5.43. The number of alkyl carbamates (subject to hydrolysis) is 1. The molecule has 306 valence electrons. The summed E-state index contributed by atoms with van der Waals surface area (Å²) in [6.07, 6.45) is 1.79. The quantitative estimate of drug-likeness (QED) is 0.202. The number of carbonyl (C=O) groups is 4. The van der Waals surface area contributed by atoms with Gasteiger partial charge in [-0.05, 0) is 111 Å². The first kappa shape index (κ1) is 48.5. The van der Waals surface area contributed by atoms with Crippen LogP contribution in [0.3, 0.4) is 0 Å². The van der Waals surface area contributed by atoms with Crippen LogP contribution in [0.5, 0.6) is 0 Å². The Morgan fingerprint density at radius 1 is 0.982 bits per heavy atom. The van der Waals surface area contributed by atoms with Crippen LogP contribution in [-0.4, -0.2) is 82.9 Å². The van der Waals surface area contributed by atoms with Gasteiger partial charge in [0.2, 0.25) is 5.91 Å². The van der Waals surface area contributed by atoms with Crippen LogP contribution in [0.2, 0.25) is 0 Å². The van der Waals surface area contributed by atoms with E-state index in [1.165, 1.54) is 68.1 Å². The molecule has 1 aliphatic rings. The number of aromatic nitrogens is 2. The van der Waals surface area contributed by atoms with Gasteiger partial charge in [0, 0.05) is 12.2 Å². The number of nitrogens with zero attached hydrogens (tertiary/aromatic N) is 3. The molecule has 3 aromatic rings. The van der Waals surface area contributed by atoms with Crippen LogP contribution in [0.1, 0.15) is 96.7 Å². The molecule has 0 aliphatic carbocycles. The number of aldehydes is 2. The molecule has 2 atom stereocenters. The Labute approximate surface area is 324 Å². The van der Waals surface area contributed by atoms with Gasteiger partial charge >= 0.3 is 12.3 Å². The molecule has 2 aromatic carbocycles. The second kappa shape index (κ2) is 23.4. The van der Waals surface area contributed by atoms with Gasteiger partial charge in [0.25, 0.3) is 0 Å². The van der Waals surface area contributed by atoms with Gasteiger partial charge < -0.3 is 39.2 Å². The summed E-state index contributed by atoms with van der Waals surface area (Å²) < 4.78 is 50.9. The van der Waals surface area contributed by atoms with Crippen molar-refractivity contribution in [2.24, 2.45) is 5.92 Å². The number of aryl methyl sites for hydroxylation is 1. The van der Waals surface area contributed by atoms with E-state index in [1.54, 1.807) is 41.5 Å². The second-order valence-electron chi connectivity index (χ2n) is 15.0. The van der Waals surface area contributed by atoms with E-state index in [9.17, 15) is 27.6 Å². The number of carbonyl (C=O) groups excluding carboxylic acids is 4. The van der Waals surface area contributed by atoms with E-state index in [2.05, 4.69) is 34.5 Å². The Bertz CT molecular complexity index is 1570. The van der Waals surface area contributed by atoms with E-state index >= 15 is 0 Å². The minimum atomic E-state index is -4.49. The lowest BCUT2D eigenvalue weighted by molar-refractivity contribution is -0.138. The number of hydrogen-bond acceptors (Lipinski definition) is 8. The lowest BCUT2D eigenvalue weighted by Gasteiger charge is -2.29. The standard InChI is InChI=1S/C19H30N2O4.C13H11F3N2O.C7H15N.C2H4O/c1-14(12-24-13-15-10-8-7-9-11-15)20-16(22)19(5,6)21-17(23)25-18(2,3)4;1-9-6-18(8-17-9)12(7-19)10-4-2-3-5-11(10)13(14,15)16;1-7-3-5-8(2)6-4-7;1-2-3/h7-11,14H,12-13H2,1-6H3,(H,20,22)(H,21,23);2-8,12H,1H3;7H,3-6H2,1-2H3;2H,1H3. The molecule has 0 radical (unpaired) electrons. The lowest BCUT2D eigenvalue weighted by atomic mass is 10.00. The van der Waals surface area contributed by atoms with Crippen LogP contribution in [0.4, 0.5) is 18.0 Å². The van der Waals surface area contributed by atoms with Gasteiger partial charge in [0.05, 0.1) is 30.8 Å². The highest BCUT2D eigenvalue weighted by Gasteiger charge is 2.35. The SMILES string of the molecule is CC(COCc1ccccc1)NC(=O)C(C)(C)NC(=O)OC(C)(C)C.CC1CCN(C)CC1.CC=O.Cc1cn(C(C=O)c2ccccc2C(F)(F)F)cn1. The number of nitrogens with one attached hydrogen (secondary N) is 2. The Balaban J connectivity index is 0.000000439. The molecule has 14 heteroatoms. The maximum absolute atomic E-state index is 12.9. The highest BCUT2D eigenvalue weighted by Crippen LogP contribution is 2.35. The molecule has 1 aromatic heterocycles. The number of benzene rings is 2. The summed E-state index contributed by atoms with van der Waals surface area (Å²) in [5.41, 5.74) is -0.879. The number of imidazole rings is 1. The maximum atomic E-state index is 12.9. The highest BCUT2D eigenvalue weighted by molar-refractivity contribution is 5.89. The molecule has 2 amide bonds. The van der Waals surface area contributed by atoms with Crippen molar-refractivity contribution >= 4 is 24.6 Å². The molecule has 1 fully saturated rings. The fraction of sp³-hybridized carbons (Fsp3) is 0.537. The van der Waals surface area contributed by atoms with E-state index in [0.717, 1.165) is 23.8 Å². The lowest BCUT2D eigenvalue weighted by Crippen LogP contribution is -2.57. The van der Waals surface area contributed by atoms with Gasteiger partial charge in [-0.2, -0.15) is 13.2 Å². The molecule has 0 bridgehead atoms. The Morgan fingerprint density at radius 2 is 1.55 bits per heavy atom. The van der Waals surface area contributed by atoms with Crippen molar-refractivity contribution in [1.29, 1.82) is 0 Å².